The largest absolute Gasteiger partial charge is 0.374 e. The fourth-order valence-electron chi connectivity index (χ4n) is 2.08. The van der Waals surface area contributed by atoms with E-state index in [1.807, 2.05) is 6.07 Å². The van der Waals surface area contributed by atoms with Crippen molar-refractivity contribution in [2.45, 2.75) is 18.1 Å². The van der Waals surface area contributed by atoms with Crippen molar-refractivity contribution in [3.63, 3.8) is 0 Å². The van der Waals surface area contributed by atoms with E-state index in [2.05, 4.69) is 29.2 Å². The van der Waals surface area contributed by atoms with Crippen LogP contribution in [-0.2, 0) is 4.74 Å². The van der Waals surface area contributed by atoms with Gasteiger partial charge >= 0.3 is 0 Å². The molecule has 1 amide bonds. The third kappa shape index (κ3) is 4.47. The van der Waals surface area contributed by atoms with Crippen LogP contribution in [0.25, 0.3) is 0 Å². The summed E-state index contributed by atoms with van der Waals surface area (Å²) in [4.78, 5) is 18.5. The lowest BCUT2D eigenvalue weighted by molar-refractivity contribution is -0.0175. The van der Waals surface area contributed by atoms with Crippen molar-refractivity contribution in [1.29, 1.82) is 0 Å². The molecule has 1 N–H and O–H groups in total. The number of carbonyl (C=O) groups is 1. The summed E-state index contributed by atoms with van der Waals surface area (Å²) in [6.45, 7) is 5.14. The molecule has 2 rings (SSSR count). The van der Waals surface area contributed by atoms with E-state index in [4.69, 9.17) is 4.74 Å². The van der Waals surface area contributed by atoms with Crippen molar-refractivity contribution in [2.75, 3.05) is 39.0 Å². The van der Waals surface area contributed by atoms with Gasteiger partial charge in [-0.15, -0.1) is 11.8 Å². The summed E-state index contributed by atoms with van der Waals surface area (Å²) in [6.07, 6.45) is 1.75. The molecule has 20 heavy (non-hydrogen) atoms. The second kappa shape index (κ2) is 7.61. The Morgan fingerprint density at radius 3 is 3.25 bits per heavy atom. The molecule has 1 unspecified atom stereocenters. The van der Waals surface area contributed by atoms with Crippen LogP contribution in [0, 0.1) is 0 Å². The Kier molecular flexibility index (Phi) is 5.82. The number of morpholine rings is 1. The highest BCUT2D eigenvalue weighted by Crippen LogP contribution is 2.15. The van der Waals surface area contributed by atoms with E-state index in [0.29, 0.717) is 12.1 Å². The van der Waals surface area contributed by atoms with E-state index in [1.165, 1.54) is 0 Å². The molecule has 0 spiro atoms. The molecule has 1 aromatic heterocycles. The first-order valence-electron chi connectivity index (χ1n) is 6.86. The second-order valence-corrected chi connectivity index (χ2v) is 6.07. The van der Waals surface area contributed by atoms with Crippen LogP contribution in [0.4, 0.5) is 0 Å². The molecule has 0 aromatic carbocycles. The number of aromatic nitrogens is 1. The van der Waals surface area contributed by atoms with Gasteiger partial charge in [-0.1, -0.05) is 6.92 Å². The van der Waals surface area contributed by atoms with Gasteiger partial charge in [0, 0.05) is 31.4 Å². The minimum Gasteiger partial charge on any atom is -0.374 e. The van der Waals surface area contributed by atoms with Crippen LogP contribution >= 0.6 is 11.8 Å². The molecule has 1 atom stereocenters. The van der Waals surface area contributed by atoms with Crippen molar-refractivity contribution in [3.05, 3.63) is 23.9 Å². The van der Waals surface area contributed by atoms with Crippen LogP contribution in [0.3, 0.4) is 0 Å². The lowest BCUT2D eigenvalue weighted by atomic mass is 10.2. The van der Waals surface area contributed by atoms with Gasteiger partial charge in [0.25, 0.3) is 5.91 Å². The summed E-state index contributed by atoms with van der Waals surface area (Å²) in [5.41, 5.74) is 0.653. The molecule has 2 heterocycles. The molecule has 1 aliphatic rings. The molecule has 0 radical (unpaired) electrons. The number of hydrogen-bond donors (Lipinski definition) is 1. The highest BCUT2D eigenvalue weighted by Gasteiger charge is 2.18. The second-order valence-electron chi connectivity index (χ2n) is 4.78. The standard InChI is InChI=1S/C14H21N3O2S/c1-3-20-13-8-11(4-5-15-13)14(18)16-9-12-10-17(2)6-7-19-12/h4-5,8,12H,3,6-7,9-10H2,1-2H3,(H,16,18). The molecule has 0 saturated carbocycles. The number of likely N-dealkylation sites (N-methyl/N-ethyl adjacent to an activating group) is 1. The molecule has 5 nitrogen and oxygen atoms in total. The van der Waals surface area contributed by atoms with Crippen molar-refractivity contribution in [1.82, 2.24) is 15.2 Å². The minimum atomic E-state index is -0.0674. The van der Waals surface area contributed by atoms with Crippen molar-refractivity contribution >= 4 is 17.7 Å². The highest BCUT2D eigenvalue weighted by atomic mass is 32.2. The highest BCUT2D eigenvalue weighted by molar-refractivity contribution is 7.99. The van der Waals surface area contributed by atoms with Gasteiger partial charge < -0.3 is 15.0 Å². The van der Waals surface area contributed by atoms with Crippen molar-refractivity contribution in [3.8, 4) is 0 Å². The summed E-state index contributed by atoms with van der Waals surface area (Å²) in [5, 5.41) is 3.81. The lowest BCUT2D eigenvalue weighted by Gasteiger charge is -2.30. The minimum absolute atomic E-state index is 0.0674. The van der Waals surface area contributed by atoms with E-state index in [9.17, 15) is 4.79 Å². The molecular weight excluding hydrogens is 274 g/mol. The van der Waals surface area contributed by atoms with Gasteiger partial charge in [-0.3, -0.25) is 4.79 Å². The summed E-state index contributed by atoms with van der Waals surface area (Å²) >= 11 is 1.63. The van der Waals surface area contributed by atoms with E-state index < -0.39 is 0 Å². The SMILES string of the molecule is CCSc1cc(C(=O)NCC2CN(C)CCO2)ccn1. The quantitative estimate of drug-likeness (QED) is 0.829. The summed E-state index contributed by atoms with van der Waals surface area (Å²) < 4.78 is 5.62. The van der Waals surface area contributed by atoms with Crippen molar-refractivity contribution in [2.24, 2.45) is 0 Å². The average molecular weight is 295 g/mol. The fraction of sp³-hybridized carbons (Fsp3) is 0.571. The molecule has 1 fully saturated rings. The number of rotatable bonds is 5. The number of amides is 1. The maximum atomic E-state index is 12.1. The molecular formula is C14H21N3O2S. The summed E-state index contributed by atoms with van der Waals surface area (Å²) in [7, 11) is 2.06. The van der Waals surface area contributed by atoms with Gasteiger partial charge in [-0.2, -0.15) is 0 Å². The summed E-state index contributed by atoms with van der Waals surface area (Å²) in [6, 6.07) is 3.57. The zero-order valence-electron chi connectivity index (χ0n) is 12.0. The van der Waals surface area contributed by atoms with E-state index in [-0.39, 0.29) is 12.0 Å². The Morgan fingerprint density at radius 2 is 2.50 bits per heavy atom. The molecule has 0 bridgehead atoms. The Hall–Kier alpha value is -1.11. The molecule has 6 heteroatoms. The van der Waals surface area contributed by atoms with Crippen molar-refractivity contribution < 1.29 is 9.53 Å². The van der Waals surface area contributed by atoms with Gasteiger partial charge in [-0.25, -0.2) is 4.98 Å². The van der Waals surface area contributed by atoms with Gasteiger partial charge in [-0.05, 0) is 24.9 Å². The maximum absolute atomic E-state index is 12.1. The molecule has 1 aliphatic heterocycles. The third-order valence-corrected chi connectivity index (χ3v) is 3.93. The predicted molar refractivity (Wildman–Crippen MR) is 80.2 cm³/mol. The normalized spacial score (nSPS) is 19.8. The van der Waals surface area contributed by atoms with Gasteiger partial charge in [0.1, 0.15) is 0 Å². The molecule has 1 saturated heterocycles. The Bertz CT molecular complexity index is 456. The smallest absolute Gasteiger partial charge is 0.251 e. The zero-order chi connectivity index (χ0) is 14.4. The fourth-order valence-corrected chi connectivity index (χ4v) is 2.72. The van der Waals surface area contributed by atoms with Gasteiger partial charge in [0.05, 0.1) is 17.7 Å². The Morgan fingerprint density at radius 1 is 1.65 bits per heavy atom. The van der Waals surface area contributed by atoms with E-state index >= 15 is 0 Å². The number of pyridine rings is 1. The number of nitrogens with zero attached hydrogens (tertiary/aromatic N) is 2. The first-order chi connectivity index (χ1) is 9.69. The third-order valence-electron chi connectivity index (χ3n) is 3.12. The Balaban J connectivity index is 1.86. The van der Waals surface area contributed by atoms with Crippen LogP contribution in [0.2, 0.25) is 0 Å². The van der Waals surface area contributed by atoms with Gasteiger partial charge in [0.15, 0.2) is 0 Å². The Labute approximate surface area is 124 Å². The number of nitrogens with one attached hydrogen (secondary N) is 1. The lowest BCUT2D eigenvalue weighted by Crippen LogP contribution is -2.45. The molecule has 110 valence electrons. The first-order valence-corrected chi connectivity index (χ1v) is 7.84. The molecule has 1 aromatic rings. The van der Waals surface area contributed by atoms with Crippen LogP contribution < -0.4 is 5.32 Å². The number of thioether (sulfide) groups is 1. The van der Waals surface area contributed by atoms with Gasteiger partial charge in [0.2, 0.25) is 0 Å². The van der Waals surface area contributed by atoms with E-state index in [1.54, 1.807) is 24.0 Å². The predicted octanol–water partition coefficient (Wildman–Crippen LogP) is 1.25. The zero-order valence-corrected chi connectivity index (χ0v) is 12.8. The van der Waals surface area contributed by atoms with E-state index in [0.717, 1.165) is 30.5 Å². The monoisotopic (exact) mass is 295 g/mol. The first kappa shape index (κ1) is 15.3. The average Bonchev–Trinajstić information content (AvgIpc) is 2.45. The molecule has 0 aliphatic carbocycles. The van der Waals surface area contributed by atoms with Crippen LogP contribution in [-0.4, -0.2) is 60.9 Å². The van der Waals surface area contributed by atoms with Crippen LogP contribution in [0.5, 0.6) is 0 Å². The topological polar surface area (TPSA) is 54.5 Å². The number of carbonyl (C=O) groups excluding carboxylic acids is 1. The maximum Gasteiger partial charge on any atom is 0.251 e. The summed E-state index contributed by atoms with van der Waals surface area (Å²) in [5.74, 6) is 0.877. The number of hydrogen-bond acceptors (Lipinski definition) is 5. The number of ether oxygens (including phenoxy) is 1. The van der Waals surface area contributed by atoms with Crippen LogP contribution in [0.15, 0.2) is 23.4 Å². The van der Waals surface area contributed by atoms with Crippen LogP contribution in [0.1, 0.15) is 17.3 Å².